The molecule has 0 aliphatic heterocycles. The zero-order chi connectivity index (χ0) is 59.1. The number of aliphatic hydroxyl groups excluding tert-OH is 2. The van der Waals surface area contributed by atoms with E-state index < -0.39 is 45.5 Å². The number of unbranched alkanes of at least 4 members (excludes halogenated alkanes) is 28. The van der Waals surface area contributed by atoms with E-state index in [1.807, 2.05) is 0 Å². The van der Waals surface area contributed by atoms with E-state index in [2.05, 4.69) is 49.0 Å². The lowest BCUT2D eigenvalue weighted by atomic mass is 10.1. The molecule has 19 heteroatoms. The summed E-state index contributed by atoms with van der Waals surface area (Å²) in [5, 5.41) is 32.1. The third-order valence-electron chi connectivity index (χ3n) is 14.3. The monoisotopic (exact) mass is 1180 g/mol. The van der Waals surface area contributed by atoms with Gasteiger partial charge in [0, 0.05) is 52.5 Å². The van der Waals surface area contributed by atoms with Gasteiger partial charge in [0.25, 0.3) is 0 Å². The summed E-state index contributed by atoms with van der Waals surface area (Å²) in [4.78, 5) is 38.5. The molecule has 0 bridgehead atoms. The summed E-state index contributed by atoms with van der Waals surface area (Å²) in [6.07, 6.45) is 39.7. The van der Waals surface area contributed by atoms with Crippen LogP contribution in [0.25, 0.3) is 0 Å². The van der Waals surface area contributed by atoms with Crippen molar-refractivity contribution in [3.05, 3.63) is 0 Å². The zero-order valence-corrected chi connectivity index (χ0v) is 53.8. The lowest BCUT2D eigenvalue weighted by Crippen LogP contribution is -2.41. The number of nitrogens with one attached hydrogen (secondary N) is 4. The van der Waals surface area contributed by atoms with Crippen molar-refractivity contribution in [3.8, 4) is 0 Å². The molecular formula is C61H124N4O13P2. The first kappa shape index (κ1) is 78.4. The largest absolute Gasteiger partial charge is 0.393 e. The van der Waals surface area contributed by atoms with Gasteiger partial charge in [-0.05, 0) is 38.5 Å². The number of hydrogen-bond acceptors (Lipinski definition) is 13. The molecule has 6 N–H and O–H groups in total. The number of hydrogen-bond donors (Lipinski definition) is 6. The van der Waals surface area contributed by atoms with Crippen LogP contribution in [0.15, 0.2) is 0 Å². The second-order valence-corrected chi connectivity index (χ2v) is 26.6. The first-order valence-electron chi connectivity index (χ1n) is 32.5. The molecule has 6 unspecified atom stereocenters. The molecule has 17 nitrogen and oxygen atoms in total. The normalized spacial score (nSPS) is 14.7. The molecule has 4 amide bonds. The van der Waals surface area contributed by atoms with Crippen LogP contribution < -0.4 is 21.3 Å². The fourth-order valence-corrected chi connectivity index (χ4v) is 11.1. The number of amides is 4. The summed E-state index contributed by atoms with van der Waals surface area (Å²) in [5.41, 5.74) is 0. The molecule has 0 rings (SSSR count). The predicted molar refractivity (Wildman–Crippen MR) is 328 cm³/mol. The van der Waals surface area contributed by atoms with E-state index in [0.29, 0.717) is 38.9 Å². The Hall–Kier alpha value is -1.65. The van der Waals surface area contributed by atoms with Crippen molar-refractivity contribution in [2.75, 3.05) is 79.3 Å². The van der Waals surface area contributed by atoms with Gasteiger partial charge in [-0.3, -0.25) is 18.7 Å². The quantitative estimate of drug-likeness (QED) is 0.0246. The number of urea groups is 1. The smallest absolute Gasteiger partial charge is 0.327 e. The minimum Gasteiger partial charge on any atom is -0.393 e. The Kier molecular flexibility index (Phi) is 55.3. The van der Waals surface area contributed by atoms with Crippen molar-refractivity contribution in [1.29, 1.82) is 0 Å². The summed E-state index contributed by atoms with van der Waals surface area (Å²) >= 11 is 0. The van der Waals surface area contributed by atoms with Gasteiger partial charge in [-0.1, -0.05) is 220 Å². The molecule has 0 aromatic carbocycles. The highest BCUT2D eigenvalue weighted by Crippen LogP contribution is 2.44. The number of rotatable bonds is 62. The maximum Gasteiger partial charge on any atom is 0.327 e. The molecule has 0 fully saturated rings. The van der Waals surface area contributed by atoms with Gasteiger partial charge < -0.3 is 59.0 Å². The van der Waals surface area contributed by atoms with E-state index in [1.54, 1.807) is 0 Å². The Balaban J connectivity index is 4.90. The molecule has 0 aliphatic carbocycles. The molecule has 0 aliphatic rings. The molecule has 0 radical (unpaired) electrons. The van der Waals surface area contributed by atoms with Crippen molar-refractivity contribution >= 4 is 33.0 Å². The summed E-state index contributed by atoms with van der Waals surface area (Å²) in [6, 6.07) is -1.71. The Morgan fingerprint density at radius 3 is 0.975 bits per heavy atom. The summed E-state index contributed by atoms with van der Waals surface area (Å²) in [5.74, 6) is -0.252. The van der Waals surface area contributed by atoms with Crippen molar-refractivity contribution in [1.82, 2.24) is 21.3 Å². The van der Waals surface area contributed by atoms with E-state index in [9.17, 15) is 33.7 Å². The average molecular weight is 1180 g/mol. The lowest BCUT2D eigenvalue weighted by Gasteiger charge is -2.22. The third kappa shape index (κ3) is 55.5. The van der Waals surface area contributed by atoms with E-state index >= 15 is 0 Å². The molecule has 0 aromatic rings. The van der Waals surface area contributed by atoms with E-state index in [0.717, 1.165) is 77.0 Å². The molecule has 0 saturated carbocycles. The van der Waals surface area contributed by atoms with E-state index in [1.165, 1.54) is 155 Å². The average Bonchev–Trinajstić information content (AvgIpc) is 3.42. The molecule has 476 valence electrons. The Morgan fingerprint density at radius 2 is 0.662 bits per heavy atom. The topological polar surface area (TPSA) is 229 Å². The molecule has 0 saturated heterocycles. The highest BCUT2D eigenvalue weighted by Gasteiger charge is 2.24. The third-order valence-corrected chi connectivity index (χ3v) is 16.8. The highest BCUT2D eigenvalue weighted by molar-refractivity contribution is 7.53. The molecule has 0 heterocycles. The van der Waals surface area contributed by atoms with Crippen LogP contribution in [-0.2, 0) is 46.3 Å². The summed E-state index contributed by atoms with van der Waals surface area (Å²) in [7, 11) is -7.20. The van der Waals surface area contributed by atoms with Gasteiger partial charge in [-0.2, -0.15) is 0 Å². The van der Waals surface area contributed by atoms with E-state index in [4.69, 9.17) is 27.6 Å². The minimum atomic E-state index is -3.60. The van der Waals surface area contributed by atoms with Crippen LogP contribution in [0, 0.1) is 0 Å². The first-order chi connectivity index (χ1) is 38.7. The highest BCUT2D eigenvalue weighted by atomic mass is 31.2. The van der Waals surface area contributed by atoms with Crippen LogP contribution in [-0.4, -0.2) is 132 Å². The SMILES string of the molecule is CCCCCCCCCCCCCC(=O)NC(COCCC(O)CCCCCCC)COP(C)(=O)OCCNC(=O)NCCOP(C)(=O)OCC(COCCC(O)CCCCCCC)NC(=O)CCCCCCCCCCCCC. The van der Waals surface area contributed by atoms with Crippen LogP contribution in [0.2, 0.25) is 0 Å². The fourth-order valence-electron chi connectivity index (χ4n) is 9.25. The van der Waals surface area contributed by atoms with Crippen LogP contribution in [0.3, 0.4) is 0 Å². The molecule has 6 atom stereocenters. The zero-order valence-electron chi connectivity index (χ0n) is 52.0. The second-order valence-electron chi connectivity index (χ2n) is 22.5. The predicted octanol–water partition coefficient (Wildman–Crippen LogP) is 14.6. The molecule has 0 aromatic heterocycles. The minimum absolute atomic E-state index is 0.0128. The van der Waals surface area contributed by atoms with E-state index in [-0.39, 0.29) is 64.5 Å². The maximum atomic E-state index is 13.3. The van der Waals surface area contributed by atoms with Crippen molar-refractivity contribution in [2.24, 2.45) is 0 Å². The standard InChI is InChI=1S/C61H124N4O13P2/c1-7-11-15-19-21-23-25-27-29-33-37-41-59(68)64-55(51-73-47-43-57(66)39-35-31-17-13-9-3)53-77-79(5,71)75-49-45-62-61(70)63-46-50-76-80(6,72)78-54-56(52-74-48-44-58(67)40-36-32-18-14-10-4)65-60(69)42-38-34-30-28-26-24-22-20-16-12-8-2/h55-58,66-67H,7-54H2,1-6H3,(H,64,68)(H,65,69)(H2,62,63,70). The van der Waals surface area contributed by atoms with Crippen molar-refractivity contribution in [3.63, 3.8) is 0 Å². The number of aliphatic hydroxyl groups is 2. The first-order valence-corrected chi connectivity index (χ1v) is 36.5. The maximum absolute atomic E-state index is 13.3. The van der Waals surface area contributed by atoms with Gasteiger partial charge in [0.2, 0.25) is 11.8 Å². The molecule has 0 spiro atoms. The van der Waals surface area contributed by atoms with Gasteiger partial charge in [0.1, 0.15) is 0 Å². The number of ether oxygens (including phenoxy) is 2. The lowest BCUT2D eigenvalue weighted by molar-refractivity contribution is -0.123. The Bertz CT molecular complexity index is 1410. The van der Waals surface area contributed by atoms with Gasteiger partial charge in [0.05, 0.1) is 63.9 Å². The molecular weight excluding hydrogens is 1060 g/mol. The van der Waals surface area contributed by atoms with Crippen LogP contribution in [0.5, 0.6) is 0 Å². The fraction of sp³-hybridized carbons (Fsp3) is 0.951. The molecule has 80 heavy (non-hydrogen) atoms. The van der Waals surface area contributed by atoms with Crippen molar-refractivity contribution in [2.45, 2.75) is 296 Å². The second kappa shape index (κ2) is 56.5. The van der Waals surface area contributed by atoms with Gasteiger partial charge in [-0.25, -0.2) is 4.79 Å². The number of carbonyl (C=O) groups is 3. The van der Waals surface area contributed by atoms with Crippen LogP contribution >= 0.6 is 15.2 Å². The van der Waals surface area contributed by atoms with Crippen molar-refractivity contribution < 1.29 is 61.3 Å². The summed E-state index contributed by atoms with van der Waals surface area (Å²) in [6.45, 7) is 12.0. The van der Waals surface area contributed by atoms with Gasteiger partial charge >= 0.3 is 21.2 Å². The van der Waals surface area contributed by atoms with Crippen LogP contribution in [0.4, 0.5) is 4.79 Å². The summed E-state index contributed by atoms with van der Waals surface area (Å²) < 4.78 is 60.8. The Labute approximate surface area is 489 Å². The van der Waals surface area contributed by atoms with Crippen LogP contribution in [0.1, 0.15) is 272 Å². The van der Waals surface area contributed by atoms with Gasteiger partial charge in [0.15, 0.2) is 0 Å². The number of carbonyl (C=O) groups excluding carboxylic acids is 3. The van der Waals surface area contributed by atoms with Gasteiger partial charge in [-0.15, -0.1) is 0 Å². The Morgan fingerprint density at radius 1 is 0.375 bits per heavy atom.